The molecule has 0 saturated carbocycles. The average molecular weight is 291 g/mol. The lowest BCUT2D eigenvalue weighted by Gasteiger charge is -2.11. The summed E-state index contributed by atoms with van der Waals surface area (Å²) >= 11 is 0. The van der Waals surface area contributed by atoms with Crippen molar-refractivity contribution >= 4 is 17.5 Å². The van der Waals surface area contributed by atoms with Crippen molar-refractivity contribution < 1.29 is 14.3 Å². The third kappa shape index (κ3) is 5.07. The molecular weight excluding hydrogens is 270 g/mol. The van der Waals surface area contributed by atoms with E-state index in [0.29, 0.717) is 17.9 Å². The molecule has 2 rings (SSSR count). The van der Waals surface area contributed by atoms with Crippen LogP contribution in [-0.2, 0) is 9.59 Å². The minimum Gasteiger partial charge on any atom is -0.484 e. The largest absolute Gasteiger partial charge is 0.484 e. The lowest BCUT2D eigenvalue weighted by Crippen LogP contribution is -2.27. The van der Waals surface area contributed by atoms with Gasteiger partial charge in [0.05, 0.1) is 0 Å². The van der Waals surface area contributed by atoms with Gasteiger partial charge in [-0.15, -0.1) is 0 Å². The van der Waals surface area contributed by atoms with Gasteiger partial charge >= 0.3 is 0 Å². The molecular formula is C15H21N3O3. The smallest absolute Gasteiger partial charge is 0.257 e. The van der Waals surface area contributed by atoms with Gasteiger partial charge in [0.25, 0.3) is 5.91 Å². The first kappa shape index (κ1) is 15.3. The second-order valence-corrected chi connectivity index (χ2v) is 5.04. The Hall–Kier alpha value is -2.08. The fourth-order valence-corrected chi connectivity index (χ4v) is 2.25. The van der Waals surface area contributed by atoms with Crippen LogP contribution in [-0.4, -0.2) is 38.1 Å². The van der Waals surface area contributed by atoms with E-state index in [1.165, 1.54) is 0 Å². The summed E-state index contributed by atoms with van der Waals surface area (Å²) in [6, 6.07) is 7.31. The first-order valence-electron chi connectivity index (χ1n) is 7.14. The van der Waals surface area contributed by atoms with E-state index in [1.807, 2.05) is 0 Å². The number of likely N-dealkylation sites (N-methyl/N-ethyl adjacent to an activating group) is 1. The number of carbonyl (C=O) groups is 2. The van der Waals surface area contributed by atoms with Crippen LogP contribution in [0.3, 0.4) is 0 Å². The van der Waals surface area contributed by atoms with Crippen molar-refractivity contribution in [1.29, 1.82) is 0 Å². The molecule has 114 valence electrons. The molecule has 1 unspecified atom stereocenters. The summed E-state index contributed by atoms with van der Waals surface area (Å²) in [5.41, 5.74) is 0.674. The van der Waals surface area contributed by atoms with Crippen molar-refractivity contribution in [3.05, 3.63) is 24.3 Å². The van der Waals surface area contributed by atoms with Crippen LogP contribution in [0.15, 0.2) is 24.3 Å². The fourth-order valence-electron chi connectivity index (χ4n) is 2.25. The standard InChI is InChI=1S/C15H21N3O3/c1-16-15(20)10-21-13-6-2-4-12(8-13)18-14(19)9-11-5-3-7-17-11/h2,4,6,8,11,17H,3,5,7,9-10H2,1H3,(H,16,20)(H,18,19). The van der Waals surface area contributed by atoms with Gasteiger partial charge in [-0.2, -0.15) is 0 Å². The highest BCUT2D eigenvalue weighted by Gasteiger charge is 2.17. The Morgan fingerprint density at radius 2 is 2.24 bits per heavy atom. The maximum Gasteiger partial charge on any atom is 0.257 e. The van der Waals surface area contributed by atoms with Crippen molar-refractivity contribution in [2.24, 2.45) is 0 Å². The highest BCUT2D eigenvalue weighted by atomic mass is 16.5. The molecule has 1 heterocycles. The van der Waals surface area contributed by atoms with E-state index >= 15 is 0 Å². The Kier molecular flexibility index (Phi) is 5.57. The van der Waals surface area contributed by atoms with Crippen LogP contribution in [0.4, 0.5) is 5.69 Å². The summed E-state index contributed by atoms with van der Waals surface area (Å²) in [6.45, 7) is 0.945. The molecule has 1 fully saturated rings. The summed E-state index contributed by atoms with van der Waals surface area (Å²) in [5, 5.41) is 8.63. The zero-order valence-corrected chi connectivity index (χ0v) is 12.1. The van der Waals surface area contributed by atoms with Crippen LogP contribution in [0.25, 0.3) is 0 Å². The molecule has 3 N–H and O–H groups in total. The van der Waals surface area contributed by atoms with Crippen molar-refractivity contribution in [3.63, 3.8) is 0 Å². The third-order valence-electron chi connectivity index (χ3n) is 3.36. The number of hydrogen-bond acceptors (Lipinski definition) is 4. The molecule has 21 heavy (non-hydrogen) atoms. The van der Waals surface area contributed by atoms with Crippen LogP contribution >= 0.6 is 0 Å². The van der Waals surface area contributed by atoms with Crippen molar-refractivity contribution in [3.8, 4) is 5.75 Å². The molecule has 0 aromatic heterocycles. The predicted octanol–water partition coefficient (Wildman–Crippen LogP) is 0.892. The Morgan fingerprint density at radius 1 is 1.38 bits per heavy atom. The first-order valence-corrected chi connectivity index (χ1v) is 7.14. The molecule has 0 radical (unpaired) electrons. The molecule has 1 saturated heterocycles. The van der Waals surface area contributed by atoms with E-state index in [1.54, 1.807) is 31.3 Å². The van der Waals surface area contributed by atoms with Crippen LogP contribution in [0, 0.1) is 0 Å². The minimum absolute atomic E-state index is 0.0159. The van der Waals surface area contributed by atoms with E-state index in [4.69, 9.17) is 4.74 Å². The first-order chi connectivity index (χ1) is 10.2. The summed E-state index contributed by atoms with van der Waals surface area (Å²) < 4.78 is 5.34. The van der Waals surface area contributed by atoms with Gasteiger partial charge in [0.15, 0.2) is 6.61 Å². The van der Waals surface area contributed by atoms with E-state index in [-0.39, 0.29) is 24.5 Å². The molecule has 0 aliphatic carbocycles. The topological polar surface area (TPSA) is 79.5 Å². The molecule has 1 aromatic carbocycles. The van der Waals surface area contributed by atoms with Gasteiger partial charge in [-0.05, 0) is 31.5 Å². The van der Waals surface area contributed by atoms with Crippen molar-refractivity contribution in [2.45, 2.75) is 25.3 Å². The predicted molar refractivity (Wildman–Crippen MR) is 80.3 cm³/mol. The number of carbonyl (C=O) groups excluding carboxylic acids is 2. The number of amides is 2. The third-order valence-corrected chi connectivity index (χ3v) is 3.36. The normalized spacial score (nSPS) is 17.3. The molecule has 0 bridgehead atoms. The average Bonchev–Trinajstić information content (AvgIpc) is 2.97. The highest BCUT2D eigenvalue weighted by molar-refractivity contribution is 5.91. The second kappa shape index (κ2) is 7.64. The fraction of sp³-hybridized carbons (Fsp3) is 0.467. The van der Waals surface area contributed by atoms with Gasteiger partial charge in [0.2, 0.25) is 5.91 Å². The quantitative estimate of drug-likeness (QED) is 0.727. The van der Waals surface area contributed by atoms with Crippen LogP contribution in [0.1, 0.15) is 19.3 Å². The van der Waals surface area contributed by atoms with Crippen LogP contribution in [0.5, 0.6) is 5.75 Å². The van der Waals surface area contributed by atoms with Crippen molar-refractivity contribution in [2.75, 3.05) is 25.5 Å². The lowest BCUT2D eigenvalue weighted by molar-refractivity contribution is -0.122. The van der Waals surface area contributed by atoms with Crippen molar-refractivity contribution in [1.82, 2.24) is 10.6 Å². The molecule has 1 aliphatic heterocycles. The summed E-state index contributed by atoms with van der Waals surface area (Å²) in [6.07, 6.45) is 2.65. The molecule has 1 atom stereocenters. The van der Waals surface area contributed by atoms with Gasteiger partial charge in [-0.3, -0.25) is 9.59 Å². The molecule has 0 spiro atoms. The molecule has 2 amide bonds. The van der Waals surface area contributed by atoms with Gasteiger partial charge < -0.3 is 20.7 Å². The molecule has 1 aromatic rings. The number of benzene rings is 1. The number of nitrogens with one attached hydrogen (secondary N) is 3. The SMILES string of the molecule is CNC(=O)COc1cccc(NC(=O)CC2CCCN2)c1. The minimum atomic E-state index is -0.197. The second-order valence-electron chi connectivity index (χ2n) is 5.04. The zero-order chi connectivity index (χ0) is 15.1. The molecule has 6 nitrogen and oxygen atoms in total. The Morgan fingerprint density at radius 3 is 2.95 bits per heavy atom. The zero-order valence-electron chi connectivity index (χ0n) is 12.1. The van der Waals surface area contributed by atoms with Gasteiger partial charge in [-0.1, -0.05) is 6.07 Å². The molecule has 1 aliphatic rings. The summed E-state index contributed by atoms with van der Waals surface area (Å²) in [7, 11) is 1.55. The van der Waals surface area contributed by atoms with E-state index in [0.717, 1.165) is 19.4 Å². The monoisotopic (exact) mass is 291 g/mol. The number of anilines is 1. The maximum atomic E-state index is 11.9. The van der Waals surface area contributed by atoms with Crippen LogP contribution < -0.4 is 20.7 Å². The van der Waals surface area contributed by atoms with E-state index < -0.39 is 0 Å². The Bertz CT molecular complexity index is 499. The van der Waals surface area contributed by atoms with Gasteiger partial charge in [0.1, 0.15) is 5.75 Å². The van der Waals surface area contributed by atoms with Gasteiger partial charge in [-0.25, -0.2) is 0 Å². The van der Waals surface area contributed by atoms with Crippen LogP contribution in [0.2, 0.25) is 0 Å². The summed E-state index contributed by atoms with van der Waals surface area (Å²) in [4.78, 5) is 23.1. The molecule has 6 heteroatoms. The summed E-state index contributed by atoms with van der Waals surface area (Å²) in [5.74, 6) is 0.338. The van der Waals surface area contributed by atoms with E-state index in [2.05, 4.69) is 16.0 Å². The number of hydrogen-bond donors (Lipinski definition) is 3. The maximum absolute atomic E-state index is 11.9. The Labute approximate surface area is 124 Å². The van der Waals surface area contributed by atoms with Gasteiger partial charge in [0, 0.05) is 31.3 Å². The highest BCUT2D eigenvalue weighted by Crippen LogP contribution is 2.18. The van der Waals surface area contributed by atoms with E-state index in [9.17, 15) is 9.59 Å². The number of rotatable bonds is 6. The lowest BCUT2D eigenvalue weighted by atomic mass is 10.1. The Balaban J connectivity index is 1.84. The number of ether oxygens (including phenoxy) is 1.